The van der Waals surface area contributed by atoms with Crippen LogP contribution in [0.5, 0.6) is 0 Å². The first-order valence-corrected chi connectivity index (χ1v) is 14.4. The van der Waals surface area contributed by atoms with E-state index in [2.05, 4.69) is 10.6 Å². The third kappa shape index (κ3) is 11.6. The Morgan fingerprint density at radius 1 is 1.00 bits per heavy atom. The SMILES string of the molecule is CCOC(=O)CN1C(=O)C(NCCCCCC(=O)OC(C)NC(=O)OCc2ccccc2)CSc2ccccc21.Cl. The zero-order valence-electron chi connectivity index (χ0n) is 23.3. The molecule has 0 saturated heterocycles. The van der Waals surface area contributed by atoms with Gasteiger partial charge >= 0.3 is 18.0 Å². The maximum Gasteiger partial charge on any atom is 0.410 e. The number of hydrogen-bond acceptors (Lipinski definition) is 9. The molecule has 2 aromatic rings. The van der Waals surface area contributed by atoms with Crippen molar-refractivity contribution in [2.75, 3.05) is 30.3 Å². The second-order valence-electron chi connectivity index (χ2n) is 9.16. The van der Waals surface area contributed by atoms with E-state index in [0.717, 1.165) is 23.3 Å². The fraction of sp³-hybridized carbons (Fsp3) is 0.448. The van der Waals surface area contributed by atoms with Crippen molar-refractivity contribution in [3.63, 3.8) is 0 Å². The molecule has 0 saturated carbocycles. The number of halogens is 1. The van der Waals surface area contributed by atoms with E-state index < -0.39 is 30.3 Å². The van der Waals surface area contributed by atoms with Crippen molar-refractivity contribution in [2.45, 2.75) is 63.3 Å². The quantitative estimate of drug-likeness (QED) is 0.139. The lowest BCUT2D eigenvalue weighted by Crippen LogP contribution is -2.49. The molecule has 2 unspecified atom stereocenters. The van der Waals surface area contributed by atoms with Crippen LogP contribution in [0.4, 0.5) is 10.5 Å². The number of alkyl carbamates (subject to hydrolysis) is 1. The Kier molecular flexibility index (Phi) is 15.1. The van der Waals surface area contributed by atoms with Gasteiger partial charge in [0.1, 0.15) is 13.2 Å². The number of carbonyl (C=O) groups is 4. The molecule has 12 heteroatoms. The van der Waals surface area contributed by atoms with Crippen LogP contribution in [0.2, 0.25) is 0 Å². The summed E-state index contributed by atoms with van der Waals surface area (Å²) in [5.41, 5.74) is 1.57. The minimum atomic E-state index is -0.808. The summed E-state index contributed by atoms with van der Waals surface area (Å²) in [6.45, 7) is 4.13. The van der Waals surface area contributed by atoms with Gasteiger partial charge in [-0.25, -0.2) is 4.79 Å². The number of unbranched alkanes of at least 4 members (excludes halogenated alkanes) is 2. The third-order valence-electron chi connectivity index (χ3n) is 6.01. The molecule has 1 aliphatic heterocycles. The highest BCUT2D eigenvalue weighted by molar-refractivity contribution is 7.99. The molecule has 2 atom stereocenters. The van der Waals surface area contributed by atoms with Gasteiger partial charge in [-0.3, -0.25) is 24.6 Å². The highest BCUT2D eigenvalue weighted by Gasteiger charge is 2.31. The number of benzene rings is 2. The Bertz CT molecular complexity index is 1140. The number of nitrogens with one attached hydrogen (secondary N) is 2. The molecule has 0 radical (unpaired) electrons. The topological polar surface area (TPSA) is 123 Å². The summed E-state index contributed by atoms with van der Waals surface area (Å²) in [6.07, 6.45) is 0.866. The average molecular weight is 608 g/mol. The number of rotatable bonds is 14. The molecule has 2 amide bonds. The molecule has 0 spiro atoms. The first kappa shape index (κ1) is 33.9. The van der Waals surface area contributed by atoms with Crippen LogP contribution < -0.4 is 15.5 Å². The predicted molar refractivity (Wildman–Crippen MR) is 159 cm³/mol. The second-order valence-corrected chi connectivity index (χ2v) is 10.2. The third-order valence-corrected chi connectivity index (χ3v) is 7.16. The number of amides is 2. The fourth-order valence-corrected chi connectivity index (χ4v) is 5.17. The lowest BCUT2D eigenvalue weighted by molar-refractivity contribution is -0.149. The smallest absolute Gasteiger partial charge is 0.410 e. The summed E-state index contributed by atoms with van der Waals surface area (Å²) >= 11 is 1.57. The Morgan fingerprint density at radius 3 is 2.49 bits per heavy atom. The molecule has 2 N–H and O–H groups in total. The maximum atomic E-state index is 13.3. The molecule has 1 aliphatic rings. The Balaban J connectivity index is 0.00000588. The lowest BCUT2D eigenvalue weighted by atomic mass is 10.2. The van der Waals surface area contributed by atoms with Gasteiger partial charge < -0.3 is 19.5 Å². The molecular weight excluding hydrogens is 570 g/mol. The van der Waals surface area contributed by atoms with Crippen molar-refractivity contribution in [1.82, 2.24) is 10.6 Å². The van der Waals surface area contributed by atoms with Crippen LogP contribution in [-0.4, -0.2) is 61.7 Å². The number of fused-ring (bicyclic) bond motifs is 1. The molecular formula is C29H38ClN3O7S. The monoisotopic (exact) mass is 607 g/mol. The predicted octanol–water partition coefficient (Wildman–Crippen LogP) is 4.44. The summed E-state index contributed by atoms with van der Waals surface area (Å²) in [6, 6.07) is 16.4. The summed E-state index contributed by atoms with van der Waals surface area (Å²) < 4.78 is 15.4. The number of carbonyl (C=O) groups excluding carboxylic acids is 4. The molecule has 1 heterocycles. The molecule has 0 fully saturated rings. The summed E-state index contributed by atoms with van der Waals surface area (Å²) in [4.78, 5) is 51.9. The molecule has 0 bridgehead atoms. The lowest BCUT2D eigenvalue weighted by Gasteiger charge is -2.25. The summed E-state index contributed by atoms with van der Waals surface area (Å²) in [5, 5.41) is 5.79. The second kappa shape index (κ2) is 18.2. The number of esters is 2. The number of thioether (sulfide) groups is 1. The van der Waals surface area contributed by atoms with E-state index in [-0.39, 0.29) is 44.5 Å². The average Bonchev–Trinajstić information content (AvgIpc) is 3.06. The van der Waals surface area contributed by atoms with E-state index in [9.17, 15) is 19.2 Å². The van der Waals surface area contributed by atoms with Crippen LogP contribution in [0.15, 0.2) is 59.5 Å². The maximum absolute atomic E-state index is 13.3. The zero-order valence-corrected chi connectivity index (χ0v) is 25.0. The summed E-state index contributed by atoms with van der Waals surface area (Å²) in [5.74, 6) is -0.485. The van der Waals surface area contributed by atoms with Crippen molar-refractivity contribution in [3.8, 4) is 0 Å². The highest BCUT2D eigenvalue weighted by Crippen LogP contribution is 2.34. The highest BCUT2D eigenvalue weighted by atomic mass is 35.5. The van der Waals surface area contributed by atoms with Gasteiger partial charge in [0.25, 0.3) is 0 Å². The van der Waals surface area contributed by atoms with Crippen LogP contribution in [-0.2, 0) is 35.2 Å². The minimum absolute atomic E-state index is 0. The van der Waals surface area contributed by atoms with Gasteiger partial charge in [0.15, 0.2) is 6.23 Å². The van der Waals surface area contributed by atoms with Crippen LogP contribution in [0.1, 0.15) is 45.1 Å². The van der Waals surface area contributed by atoms with Gasteiger partial charge in [0.05, 0.1) is 18.3 Å². The number of ether oxygens (including phenoxy) is 3. The van der Waals surface area contributed by atoms with Crippen molar-refractivity contribution >= 4 is 53.8 Å². The number of para-hydroxylation sites is 1. The van der Waals surface area contributed by atoms with E-state index >= 15 is 0 Å². The summed E-state index contributed by atoms with van der Waals surface area (Å²) in [7, 11) is 0. The van der Waals surface area contributed by atoms with Gasteiger partial charge in [-0.05, 0) is 50.9 Å². The zero-order chi connectivity index (χ0) is 28.7. The van der Waals surface area contributed by atoms with Crippen molar-refractivity contribution < 1.29 is 33.4 Å². The van der Waals surface area contributed by atoms with E-state index in [1.165, 1.54) is 4.90 Å². The molecule has 2 aromatic carbocycles. The number of nitrogens with zero attached hydrogens (tertiary/aromatic N) is 1. The standard InChI is InChI=1S/C29H37N3O7S.ClH/c1-3-37-27(34)18-32-24-14-9-10-15-25(24)40-20-23(28(32)35)30-17-11-5-8-16-26(33)39-21(2)31-29(36)38-19-22-12-6-4-7-13-22;/h4,6-7,9-10,12-15,21,23,30H,3,5,8,11,16-20H2,1-2H3,(H,31,36);1H. The van der Waals surface area contributed by atoms with E-state index in [4.69, 9.17) is 14.2 Å². The number of anilines is 1. The minimum Gasteiger partial charge on any atom is -0.465 e. The van der Waals surface area contributed by atoms with Gasteiger partial charge in [-0.2, -0.15) is 0 Å². The number of hydrogen-bond donors (Lipinski definition) is 2. The first-order chi connectivity index (χ1) is 19.4. The Hall–Kier alpha value is -3.28. The first-order valence-electron chi connectivity index (χ1n) is 13.5. The molecule has 10 nitrogen and oxygen atoms in total. The van der Waals surface area contributed by atoms with Crippen LogP contribution in [0, 0.1) is 0 Å². The van der Waals surface area contributed by atoms with Crippen molar-refractivity contribution in [2.24, 2.45) is 0 Å². The molecule has 0 aromatic heterocycles. The molecule has 3 rings (SSSR count). The van der Waals surface area contributed by atoms with Gasteiger partial charge in [0, 0.05) is 17.1 Å². The van der Waals surface area contributed by atoms with E-state index in [0.29, 0.717) is 24.4 Å². The van der Waals surface area contributed by atoms with Crippen LogP contribution in [0.3, 0.4) is 0 Å². The largest absolute Gasteiger partial charge is 0.465 e. The molecule has 41 heavy (non-hydrogen) atoms. The van der Waals surface area contributed by atoms with Crippen LogP contribution >= 0.6 is 24.2 Å². The van der Waals surface area contributed by atoms with Crippen molar-refractivity contribution in [3.05, 3.63) is 60.2 Å². The van der Waals surface area contributed by atoms with Gasteiger partial charge in [-0.1, -0.05) is 48.9 Å². The normalized spacial score (nSPS) is 15.0. The fourth-order valence-electron chi connectivity index (χ4n) is 4.06. The van der Waals surface area contributed by atoms with Gasteiger partial charge in [-0.15, -0.1) is 24.2 Å². The van der Waals surface area contributed by atoms with Gasteiger partial charge in [0.2, 0.25) is 5.91 Å². The van der Waals surface area contributed by atoms with Crippen LogP contribution in [0.25, 0.3) is 0 Å². The Morgan fingerprint density at radius 2 is 1.73 bits per heavy atom. The molecule has 224 valence electrons. The Labute approximate surface area is 251 Å². The van der Waals surface area contributed by atoms with E-state index in [1.54, 1.807) is 25.6 Å². The van der Waals surface area contributed by atoms with Crippen molar-refractivity contribution in [1.29, 1.82) is 0 Å². The molecule has 0 aliphatic carbocycles. The van der Waals surface area contributed by atoms with E-state index in [1.807, 2.05) is 54.6 Å².